The highest BCUT2D eigenvalue weighted by Crippen LogP contribution is 2.42. The summed E-state index contributed by atoms with van der Waals surface area (Å²) in [6, 6.07) is 0. The Hall–Kier alpha value is -0.120. The molecule has 3 heteroatoms. The molecule has 1 saturated carbocycles. The first-order valence-corrected chi connectivity index (χ1v) is 6.33. The summed E-state index contributed by atoms with van der Waals surface area (Å²) in [5.74, 6) is 0.828. The van der Waals surface area contributed by atoms with Crippen LogP contribution in [0.5, 0.6) is 0 Å². The molecule has 1 saturated heterocycles. The lowest BCUT2D eigenvalue weighted by Crippen LogP contribution is -2.68. The lowest BCUT2D eigenvalue weighted by molar-refractivity contribution is 0.0215. The highest BCUT2D eigenvalue weighted by atomic mass is 16.5. The van der Waals surface area contributed by atoms with E-state index in [1.54, 1.807) is 0 Å². The molecule has 88 valence electrons. The Labute approximate surface area is 93.0 Å². The number of ether oxygens (including phenoxy) is 1. The van der Waals surface area contributed by atoms with Gasteiger partial charge in [0.1, 0.15) is 0 Å². The van der Waals surface area contributed by atoms with Crippen LogP contribution in [-0.2, 0) is 4.74 Å². The number of hydrogen-bond donors (Lipinski definition) is 1. The molecule has 1 aliphatic carbocycles. The molecule has 1 heterocycles. The molecular weight excluding hydrogens is 188 g/mol. The summed E-state index contributed by atoms with van der Waals surface area (Å²) >= 11 is 0. The van der Waals surface area contributed by atoms with Crippen LogP contribution < -0.4 is 5.73 Å². The standard InChI is InChI=1S/C12H24N2O/c1-2-3-7-15-8-6-14-9-12(13,10-14)11-4-5-11/h11H,2-10,13H2,1H3. The summed E-state index contributed by atoms with van der Waals surface area (Å²) in [5, 5.41) is 0. The van der Waals surface area contributed by atoms with Crippen molar-refractivity contribution in [3.05, 3.63) is 0 Å². The molecule has 0 aromatic carbocycles. The molecule has 0 bridgehead atoms. The first-order valence-electron chi connectivity index (χ1n) is 6.33. The molecule has 2 fully saturated rings. The van der Waals surface area contributed by atoms with Crippen LogP contribution in [0, 0.1) is 5.92 Å². The van der Waals surface area contributed by atoms with E-state index in [4.69, 9.17) is 10.5 Å². The summed E-state index contributed by atoms with van der Waals surface area (Å²) in [7, 11) is 0. The Morgan fingerprint density at radius 2 is 2.07 bits per heavy atom. The number of hydrogen-bond acceptors (Lipinski definition) is 3. The number of rotatable bonds is 7. The summed E-state index contributed by atoms with van der Waals surface area (Å²) in [5.41, 5.74) is 6.44. The van der Waals surface area contributed by atoms with Crippen molar-refractivity contribution in [3.8, 4) is 0 Å². The van der Waals surface area contributed by atoms with E-state index in [1.165, 1.54) is 25.7 Å². The minimum atomic E-state index is 0.170. The van der Waals surface area contributed by atoms with E-state index in [2.05, 4.69) is 11.8 Å². The Kier molecular flexibility index (Phi) is 3.65. The molecule has 0 aromatic heterocycles. The van der Waals surface area contributed by atoms with Crippen LogP contribution in [0.3, 0.4) is 0 Å². The minimum Gasteiger partial charge on any atom is -0.380 e. The Bertz CT molecular complexity index is 198. The van der Waals surface area contributed by atoms with Crippen molar-refractivity contribution in [2.45, 2.75) is 38.1 Å². The summed E-state index contributed by atoms with van der Waals surface area (Å²) in [4.78, 5) is 2.42. The van der Waals surface area contributed by atoms with E-state index in [0.29, 0.717) is 0 Å². The van der Waals surface area contributed by atoms with Crippen molar-refractivity contribution < 1.29 is 4.74 Å². The van der Waals surface area contributed by atoms with Gasteiger partial charge in [0.2, 0.25) is 0 Å². The van der Waals surface area contributed by atoms with E-state index in [9.17, 15) is 0 Å². The van der Waals surface area contributed by atoms with Crippen molar-refractivity contribution in [2.24, 2.45) is 11.7 Å². The first kappa shape index (κ1) is 11.4. The zero-order valence-corrected chi connectivity index (χ0v) is 9.87. The van der Waals surface area contributed by atoms with Gasteiger partial charge >= 0.3 is 0 Å². The number of likely N-dealkylation sites (tertiary alicyclic amines) is 1. The predicted octanol–water partition coefficient (Wildman–Crippen LogP) is 1.23. The second kappa shape index (κ2) is 4.81. The molecule has 15 heavy (non-hydrogen) atoms. The van der Waals surface area contributed by atoms with Crippen molar-refractivity contribution in [1.82, 2.24) is 4.90 Å². The van der Waals surface area contributed by atoms with Gasteiger partial charge < -0.3 is 10.5 Å². The maximum absolute atomic E-state index is 6.27. The molecule has 1 aliphatic heterocycles. The van der Waals surface area contributed by atoms with E-state index in [-0.39, 0.29) is 5.54 Å². The molecule has 0 radical (unpaired) electrons. The normalized spacial score (nSPS) is 25.2. The molecule has 3 nitrogen and oxygen atoms in total. The van der Waals surface area contributed by atoms with E-state index < -0.39 is 0 Å². The van der Waals surface area contributed by atoms with Gasteiger partial charge in [-0.15, -0.1) is 0 Å². The van der Waals surface area contributed by atoms with Gasteiger partial charge in [-0.1, -0.05) is 13.3 Å². The summed E-state index contributed by atoms with van der Waals surface area (Å²) in [6.07, 6.45) is 5.12. The van der Waals surface area contributed by atoms with Crippen LogP contribution in [0.1, 0.15) is 32.6 Å². The molecule has 0 unspecified atom stereocenters. The van der Waals surface area contributed by atoms with E-state index in [0.717, 1.165) is 38.8 Å². The van der Waals surface area contributed by atoms with Crippen molar-refractivity contribution in [3.63, 3.8) is 0 Å². The fourth-order valence-electron chi connectivity index (χ4n) is 2.40. The zero-order valence-electron chi connectivity index (χ0n) is 9.87. The Balaban J connectivity index is 1.48. The lowest BCUT2D eigenvalue weighted by atomic mass is 9.86. The Morgan fingerprint density at radius 1 is 1.33 bits per heavy atom. The fourth-order valence-corrected chi connectivity index (χ4v) is 2.40. The Morgan fingerprint density at radius 3 is 2.67 bits per heavy atom. The van der Waals surface area contributed by atoms with Crippen LogP contribution >= 0.6 is 0 Å². The highest BCUT2D eigenvalue weighted by Gasteiger charge is 2.49. The second-order valence-corrected chi connectivity index (χ2v) is 5.18. The maximum atomic E-state index is 6.27. The van der Waals surface area contributed by atoms with E-state index in [1.807, 2.05) is 0 Å². The third kappa shape index (κ3) is 2.92. The van der Waals surface area contributed by atoms with Gasteiger partial charge in [0.15, 0.2) is 0 Å². The van der Waals surface area contributed by atoms with Crippen LogP contribution in [0.25, 0.3) is 0 Å². The average molecular weight is 212 g/mol. The maximum Gasteiger partial charge on any atom is 0.0593 e. The molecule has 2 rings (SSSR count). The summed E-state index contributed by atoms with van der Waals surface area (Å²) < 4.78 is 5.54. The van der Waals surface area contributed by atoms with Gasteiger partial charge in [-0.05, 0) is 25.2 Å². The lowest BCUT2D eigenvalue weighted by Gasteiger charge is -2.48. The predicted molar refractivity (Wildman–Crippen MR) is 61.8 cm³/mol. The fraction of sp³-hybridized carbons (Fsp3) is 1.00. The third-order valence-electron chi connectivity index (χ3n) is 3.62. The van der Waals surface area contributed by atoms with Gasteiger partial charge in [0.25, 0.3) is 0 Å². The molecule has 0 spiro atoms. The monoisotopic (exact) mass is 212 g/mol. The molecule has 2 N–H and O–H groups in total. The van der Waals surface area contributed by atoms with Crippen molar-refractivity contribution >= 4 is 0 Å². The first-order chi connectivity index (χ1) is 7.24. The van der Waals surface area contributed by atoms with Gasteiger partial charge in [0, 0.05) is 31.8 Å². The van der Waals surface area contributed by atoms with Crippen LogP contribution in [0.15, 0.2) is 0 Å². The van der Waals surface area contributed by atoms with Crippen LogP contribution in [0.2, 0.25) is 0 Å². The molecule has 2 aliphatic rings. The largest absolute Gasteiger partial charge is 0.380 e. The smallest absolute Gasteiger partial charge is 0.0593 e. The van der Waals surface area contributed by atoms with E-state index >= 15 is 0 Å². The van der Waals surface area contributed by atoms with Crippen molar-refractivity contribution in [1.29, 1.82) is 0 Å². The molecule has 0 amide bonds. The average Bonchev–Trinajstić information content (AvgIpc) is 2.97. The SMILES string of the molecule is CCCCOCCN1CC(N)(C2CC2)C1. The zero-order chi connectivity index (χ0) is 10.7. The molecule has 0 atom stereocenters. The second-order valence-electron chi connectivity index (χ2n) is 5.18. The van der Waals surface area contributed by atoms with Gasteiger partial charge in [-0.2, -0.15) is 0 Å². The van der Waals surface area contributed by atoms with Crippen LogP contribution in [0.4, 0.5) is 0 Å². The van der Waals surface area contributed by atoms with Crippen molar-refractivity contribution in [2.75, 3.05) is 32.8 Å². The topological polar surface area (TPSA) is 38.5 Å². The number of nitrogens with zero attached hydrogens (tertiary/aromatic N) is 1. The number of unbranched alkanes of at least 4 members (excludes halogenated alkanes) is 1. The number of nitrogens with two attached hydrogens (primary N) is 1. The molecule has 0 aromatic rings. The quantitative estimate of drug-likeness (QED) is 0.645. The van der Waals surface area contributed by atoms with Gasteiger partial charge in [-0.3, -0.25) is 4.90 Å². The third-order valence-corrected chi connectivity index (χ3v) is 3.62. The molecular formula is C12H24N2O. The van der Waals surface area contributed by atoms with Crippen LogP contribution in [-0.4, -0.2) is 43.3 Å². The summed E-state index contributed by atoms with van der Waals surface area (Å²) in [6.45, 7) is 7.23. The van der Waals surface area contributed by atoms with Gasteiger partial charge in [-0.25, -0.2) is 0 Å². The highest BCUT2D eigenvalue weighted by molar-refractivity contribution is 5.08. The van der Waals surface area contributed by atoms with Gasteiger partial charge in [0.05, 0.1) is 6.61 Å². The minimum absolute atomic E-state index is 0.170.